The molecule has 0 saturated carbocycles. The molecule has 5 heteroatoms. The highest BCUT2D eigenvalue weighted by atomic mass is 32.2. The van der Waals surface area contributed by atoms with Gasteiger partial charge in [-0.25, -0.2) is 8.42 Å². The number of aliphatic hydroxyl groups is 1. The van der Waals surface area contributed by atoms with E-state index in [-0.39, 0.29) is 29.8 Å². The van der Waals surface area contributed by atoms with Gasteiger partial charge in [-0.15, -0.1) is 0 Å². The van der Waals surface area contributed by atoms with E-state index in [0.717, 1.165) is 12.8 Å². The minimum atomic E-state index is -2.81. The van der Waals surface area contributed by atoms with Crippen molar-refractivity contribution < 1.29 is 18.3 Å². The van der Waals surface area contributed by atoms with Crippen LogP contribution in [0.2, 0.25) is 0 Å². The Balaban J connectivity index is 2.01. The Kier molecular flexibility index (Phi) is 2.57. The third kappa shape index (κ3) is 1.94. The van der Waals surface area contributed by atoms with Crippen LogP contribution in [-0.2, 0) is 14.6 Å². The summed E-state index contributed by atoms with van der Waals surface area (Å²) in [6.07, 6.45) is 2.89. The van der Waals surface area contributed by atoms with E-state index in [1.54, 1.807) is 0 Å². The minimum absolute atomic E-state index is 0.0501. The Labute approximate surface area is 84.2 Å². The second-order valence-electron chi connectivity index (χ2n) is 4.30. The van der Waals surface area contributed by atoms with Gasteiger partial charge in [0.2, 0.25) is 0 Å². The molecule has 0 bridgehead atoms. The predicted octanol–water partition coefficient (Wildman–Crippen LogP) is 0.105. The summed E-state index contributed by atoms with van der Waals surface area (Å²) in [5.41, 5.74) is -0.237. The fourth-order valence-corrected chi connectivity index (χ4v) is 3.87. The minimum Gasteiger partial charge on any atom is -0.394 e. The summed E-state index contributed by atoms with van der Waals surface area (Å²) in [5, 5.41) is 8.94. The van der Waals surface area contributed by atoms with Gasteiger partial charge in [0.05, 0.1) is 29.8 Å². The van der Waals surface area contributed by atoms with E-state index in [1.807, 2.05) is 0 Å². The maximum absolute atomic E-state index is 11.2. The number of hydrogen-bond donors (Lipinski definition) is 1. The van der Waals surface area contributed by atoms with Gasteiger partial charge in [0, 0.05) is 0 Å². The van der Waals surface area contributed by atoms with Crippen LogP contribution in [0.25, 0.3) is 0 Å². The Morgan fingerprint density at radius 2 is 1.93 bits per heavy atom. The van der Waals surface area contributed by atoms with E-state index in [0.29, 0.717) is 12.8 Å². The molecule has 2 heterocycles. The Morgan fingerprint density at radius 1 is 1.29 bits per heavy atom. The molecule has 1 N–H and O–H groups in total. The van der Waals surface area contributed by atoms with E-state index in [1.165, 1.54) is 0 Å². The average molecular weight is 220 g/mol. The Hall–Kier alpha value is -0.130. The molecule has 2 aliphatic rings. The molecule has 1 spiro atoms. The van der Waals surface area contributed by atoms with Crippen LogP contribution in [0.4, 0.5) is 0 Å². The standard InChI is InChI=1S/C9H16O4S/c10-7-8-1-2-9(13-8)3-5-14(11,12)6-4-9/h8,10H,1-7H2. The van der Waals surface area contributed by atoms with Crippen molar-refractivity contribution in [1.82, 2.24) is 0 Å². The number of ether oxygens (including phenoxy) is 1. The Bertz CT molecular complexity index is 295. The molecule has 0 radical (unpaired) electrons. The van der Waals surface area contributed by atoms with Crippen molar-refractivity contribution in [1.29, 1.82) is 0 Å². The van der Waals surface area contributed by atoms with E-state index < -0.39 is 9.84 Å². The third-order valence-corrected chi connectivity index (χ3v) is 4.93. The van der Waals surface area contributed by atoms with Crippen molar-refractivity contribution in [3.8, 4) is 0 Å². The van der Waals surface area contributed by atoms with Crippen molar-refractivity contribution >= 4 is 9.84 Å². The fourth-order valence-electron chi connectivity index (χ4n) is 2.30. The largest absolute Gasteiger partial charge is 0.394 e. The molecule has 4 nitrogen and oxygen atoms in total. The van der Waals surface area contributed by atoms with E-state index >= 15 is 0 Å². The van der Waals surface area contributed by atoms with Crippen LogP contribution in [0, 0.1) is 0 Å². The van der Waals surface area contributed by atoms with Crippen molar-refractivity contribution in [2.75, 3.05) is 18.1 Å². The first kappa shape index (κ1) is 10.4. The van der Waals surface area contributed by atoms with Crippen molar-refractivity contribution in [2.45, 2.75) is 37.4 Å². The molecule has 0 aliphatic carbocycles. The van der Waals surface area contributed by atoms with Gasteiger partial charge in [-0.3, -0.25) is 0 Å². The number of rotatable bonds is 1. The molecule has 2 rings (SSSR count). The molecular formula is C9H16O4S. The summed E-state index contributed by atoms with van der Waals surface area (Å²) >= 11 is 0. The normalized spacial score (nSPS) is 34.8. The van der Waals surface area contributed by atoms with Crippen molar-refractivity contribution in [3.05, 3.63) is 0 Å². The van der Waals surface area contributed by atoms with Gasteiger partial charge >= 0.3 is 0 Å². The molecule has 0 aromatic rings. The van der Waals surface area contributed by atoms with Gasteiger partial charge in [-0.2, -0.15) is 0 Å². The quantitative estimate of drug-likeness (QED) is 0.681. The topological polar surface area (TPSA) is 63.6 Å². The zero-order valence-corrected chi connectivity index (χ0v) is 8.92. The molecule has 2 saturated heterocycles. The smallest absolute Gasteiger partial charge is 0.150 e. The predicted molar refractivity (Wildman–Crippen MR) is 51.8 cm³/mol. The average Bonchev–Trinajstić information content (AvgIpc) is 2.56. The lowest BCUT2D eigenvalue weighted by Gasteiger charge is -2.32. The molecule has 2 fully saturated rings. The molecule has 0 amide bonds. The van der Waals surface area contributed by atoms with Gasteiger partial charge in [0.15, 0.2) is 9.84 Å². The number of hydrogen-bond acceptors (Lipinski definition) is 4. The maximum Gasteiger partial charge on any atom is 0.150 e. The van der Waals surface area contributed by atoms with E-state index in [4.69, 9.17) is 9.84 Å². The fraction of sp³-hybridized carbons (Fsp3) is 1.00. The van der Waals surface area contributed by atoms with Crippen molar-refractivity contribution in [3.63, 3.8) is 0 Å². The molecule has 14 heavy (non-hydrogen) atoms. The van der Waals surface area contributed by atoms with Crippen LogP contribution >= 0.6 is 0 Å². The summed E-state index contributed by atoms with van der Waals surface area (Å²) in [6, 6.07) is 0. The van der Waals surface area contributed by atoms with Crippen LogP contribution in [0.5, 0.6) is 0 Å². The zero-order valence-electron chi connectivity index (χ0n) is 8.11. The first-order valence-corrected chi connectivity index (χ1v) is 6.87. The van der Waals surface area contributed by atoms with Crippen LogP contribution < -0.4 is 0 Å². The van der Waals surface area contributed by atoms with Gasteiger partial charge < -0.3 is 9.84 Å². The van der Waals surface area contributed by atoms with Crippen LogP contribution in [-0.4, -0.2) is 43.3 Å². The highest BCUT2D eigenvalue weighted by Gasteiger charge is 2.43. The van der Waals surface area contributed by atoms with E-state index in [9.17, 15) is 8.42 Å². The summed E-state index contributed by atoms with van der Waals surface area (Å²) in [4.78, 5) is 0. The summed E-state index contributed by atoms with van der Waals surface area (Å²) in [7, 11) is -2.81. The van der Waals surface area contributed by atoms with Gasteiger partial charge in [-0.05, 0) is 25.7 Å². The second kappa shape index (κ2) is 3.47. The molecule has 0 aromatic carbocycles. The molecule has 1 unspecified atom stereocenters. The number of aliphatic hydroxyl groups excluding tert-OH is 1. The lowest BCUT2D eigenvalue weighted by atomic mass is 9.93. The molecule has 1 atom stereocenters. The molecule has 0 aromatic heterocycles. The van der Waals surface area contributed by atoms with Crippen LogP contribution in [0.3, 0.4) is 0 Å². The first-order chi connectivity index (χ1) is 6.55. The summed E-state index contributed by atoms with van der Waals surface area (Å²) < 4.78 is 28.2. The molecule has 2 aliphatic heterocycles. The lowest BCUT2D eigenvalue weighted by molar-refractivity contribution is -0.0639. The maximum atomic E-state index is 11.2. The summed E-state index contributed by atoms with van der Waals surface area (Å²) in [6.45, 7) is 0.0501. The Morgan fingerprint density at radius 3 is 2.43 bits per heavy atom. The van der Waals surface area contributed by atoms with E-state index in [2.05, 4.69) is 0 Å². The summed E-state index contributed by atoms with van der Waals surface area (Å²) in [5.74, 6) is 0.482. The first-order valence-electron chi connectivity index (χ1n) is 5.04. The van der Waals surface area contributed by atoms with Gasteiger partial charge in [0.25, 0.3) is 0 Å². The van der Waals surface area contributed by atoms with Crippen LogP contribution in [0.1, 0.15) is 25.7 Å². The van der Waals surface area contributed by atoms with Crippen molar-refractivity contribution in [2.24, 2.45) is 0 Å². The second-order valence-corrected chi connectivity index (χ2v) is 6.60. The van der Waals surface area contributed by atoms with Gasteiger partial charge in [0.1, 0.15) is 0 Å². The third-order valence-electron chi connectivity index (χ3n) is 3.28. The highest BCUT2D eigenvalue weighted by molar-refractivity contribution is 7.91. The zero-order chi connectivity index (χ0) is 10.2. The van der Waals surface area contributed by atoms with Gasteiger partial charge in [-0.1, -0.05) is 0 Å². The lowest BCUT2D eigenvalue weighted by Crippen LogP contribution is -2.39. The molecule has 82 valence electrons. The molecular weight excluding hydrogens is 204 g/mol. The monoisotopic (exact) mass is 220 g/mol. The SMILES string of the molecule is O=S1(=O)CCC2(CCC(CO)O2)CC1. The number of sulfone groups is 1. The van der Waals surface area contributed by atoms with Crippen LogP contribution in [0.15, 0.2) is 0 Å². The highest BCUT2D eigenvalue weighted by Crippen LogP contribution is 2.39.